The Balaban J connectivity index is 1.37. The Morgan fingerprint density at radius 3 is 3.03 bits per heavy atom. The number of carbonyl (C=O) groups excluding carboxylic acids is 2. The van der Waals surface area contributed by atoms with E-state index < -0.39 is 29.2 Å². The Hall–Kier alpha value is -4.05. The summed E-state index contributed by atoms with van der Waals surface area (Å²) >= 11 is 2.25. The van der Waals surface area contributed by atoms with Crippen LogP contribution in [0.3, 0.4) is 0 Å². The number of amides is 2. The van der Waals surface area contributed by atoms with Gasteiger partial charge in [-0.05, 0) is 24.0 Å². The van der Waals surface area contributed by atoms with Crippen LogP contribution < -0.4 is 15.6 Å². The number of carboxylic acids is 1. The summed E-state index contributed by atoms with van der Waals surface area (Å²) in [5.41, 5.74) is 7.33. The van der Waals surface area contributed by atoms with E-state index in [2.05, 4.69) is 29.8 Å². The Kier molecular flexibility index (Phi) is 6.27. The van der Waals surface area contributed by atoms with Crippen LogP contribution >= 0.6 is 23.3 Å². The molecule has 2 atom stereocenters. The van der Waals surface area contributed by atoms with Crippen LogP contribution in [-0.2, 0) is 25.8 Å². The summed E-state index contributed by atoms with van der Waals surface area (Å²) in [6.07, 6.45) is 3.36. The number of nitrogens with one attached hydrogen (secondary N) is 2. The number of β-lactam (4-membered cyclic amide) rings is 1. The van der Waals surface area contributed by atoms with Crippen molar-refractivity contribution in [3.8, 4) is 0 Å². The fraction of sp³-hybridized carbons (Fsp3) is 0.300. The van der Waals surface area contributed by atoms with E-state index in [0.29, 0.717) is 17.0 Å². The SMILES string of the molecule is CCO/N=C(\C(=O)NC1C(=O)N2C(C(=O)O)=C(C[n+]3cccc4[nH]cnc43)CSC12)c1nsc(N)n1. The first-order valence-corrected chi connectivity index (χ1v) is 12.5. The molecule has 16 heteroatoms. The number of anilines is 1. The molecule has 1 saturated heterocycles. The standard InChI is InChI=1S/C20H19N9O5S2/c1-2-34-26-11(14-25-20(21)36-27-14)16(30)24-12-17(31)29-13(19(32)33)9(7-35-18(12)29)6-28-5-3-4-10-15(28)23-8-22-10/h3-5,8,12,18H,2,6-7H2,1H3,(H4,21,24,25,27,30,32,33)/p+1/b26-11-. The molecule has 3 aromatic heterocycles. The molecule has 5 rings (SSSR count). The van der Waals surface area contributed by atoms with Gasteiger partial charge in [0.2, 0.25) is 17.9 Å². The Labute approximate surface area is 211 Å². The van der Waals surface area contributed by atoms with Crippen LogP contribution in [0.1, 0.15) is 12.7 Å². The first kappa shape index (κ1) is 23.7. The molecule has 5 N–H and O–H groups in total. The molecular formula is C20H20N9O5S2+. The molecule has 0 aromatic carbocycles. The van der Waals surface area contributed by atoms with Gasteiger partial charge in [-0.1, -0.05) is 5.16 Å². The van der Waals surface area contributed by atoms with Crippen LogP contribution in [0.15, 0.2) is 41.1 Å². The van der Waals surface area contributed by atoms with Gasteiger partial charge in [0.15, 0.2) is 5.13 Å². The van der Waals surface area contributed by atoms with Gasteiger partial charge in [0, 0.05) is 22.9 Å². The number of rotatable bonds is 8. The summed E-state index contributed by atoms with van der Waals surface area (Å²) in [6.45, 7) is 2.13. The first-order chi connectivity index (χ1) is 17.4. The molecule has 0 saturated carbocycles. The zero-order valence-corrected chi connectivity index (χ0v) is 20.4. The van der Waals surface area contributed by atoms with Crippen molar-refractivity contribution in [1.82, 2.24) is 29.5 Å². The lowest BCUT2D eigenvalue weighted by Crippen LogP contribution is -2.71. The monoisotopic (exact) mass is 530 g/mol. The molecule has 2 amide bonds. The number of pyridine rings is 1. The maximum absolute atomic E-state index is 13.0. The molecule has 0 aliphatic carbocycles. The number of hydrogen-bond acceptors (Lipinski definition) is 11. The number of aliphatic carboxylic acids is 1. The van der Waals surface area contributed by atoms with Crippen LogP contribution in [0.5, 0.6) is 0 Å². The molecular weight excluding hydrogens is 510 g/mol. The maximum atomic E-state index is 13.0. The van der Waals surface area contributed by atoms with Crippen LogP contribution in [0.25, 0.3) is 11.2 Å². The third-order valence-electron chi connectivity index (χ3n) is 5.50. The molecule has 1 fully saturated rings. The van der Waals surface area contributed by atoms with Crippen LogP contribution in [0.4, 0.5) is 5.13 Å². The van der Waals surface area contributed by atoms with E-state index in [0.717, 1.165) is 17.0 Å². The summed E-state index contributed by atoms with van der Waals surface area (Å²) in [5, 5.41) is 15.9. The van der Waals surface area contributed by atoms with E-state index in [9.17, 15) is 19.5 Å². The average molecular weight is 531 g/mol. The smallest absolute Gasteiger partial charge is 0.352 e. The molecule has 2 unspecified atom stereocenters. The number of nitrogen functional groups attached to an aromatic ring is 1. The molecule has 36 heavy (non-hydrogen) atoms. The summed E-state index contributed by atoms with van der Waals surface area (Å²) in [5.74, 6) is -2.17. The fourth-order valence-corrected chi connectivity index (χ4v) is 5.72. The van der Waals surface area contributed by atoms with Crippen LogP contribution in [0, 0.1) is 0 Å². The lowest BCUT2D eigenvalue weighted by Gasteiger charge is -2.49. The second-order valence-electron chi connectivity index (χ2n) is 7.71. The molecule has 186 valence electrons. The van der Waals surface area contributed by atoms with Crippen molar-refractivity contribution in [2.45, 2.75) is 24.9 Å². The number of aromatic nitrogens is 5. The molecule has 0 bridgehead atoms. The van der Waals surface area contributed by atoms with Crippen molar-refractivity contribution < 1.29 is 28.9 Å². The van der Waals surface area contributed by atoms with Crippen molar-refractivity contribution >= 4 is 63.1 Å². The first-order valence-electron chi connectivity index (χ1n) is 10.7. The molecule has 0 spiro atoms. The topological polar surface area (TPSA) is 193 Å². The molecule has 3 aromatic rings. The summed E-state index contributed by atoms with van der Waals surface area (Å²) in [7, 11) is 0. The Morgan fingerprint density at radius 1 is 1.47 bits per heavy atom. The van der Waals surface area contributed by atoms with Crippen molar-refractivity contribution in [1.29, 1.82) is 0 Å². The fourth-order valence-electron chi connectivity index (χ4n) is 3.95. The number of oxime groups is 1. The van der Waals surface area contributed by atoms with E-state index in [-0.39, 0.29) is 35.5 Å². The zero-order valence-electron chi connectivity index (χ0n) is 18.7. The third-order valence-corrected chi connectivity index (χ3v) is 7.38. The highest BCUT2D eigenvalue weighted by Crippen LogP contribution is 2.40. The van der Waals surface area contributed by atoms with Gasteiger partial charge in [-0.2, -0.15) is 9.36 Å². The van der Waals surface area contributed by atoms with Gasteiger partial charge in [0.05, 0.1) is 6.20 Å². The molecule has 2 aliphatic heterocycles. The number of H-pyrrole nitrogens is 1. The second kappa shape index (κ2) is 9.54. The minimum Gasteiger partial charge on any atom is -0.477 e. The van der Waals surface area contributed by atoms with Gasteiger partial charge in [-0.3, -0.25) is 14.5 Å². The van der Waals surface area contributed by atoms with Gasteiger partial charge in [-0.15, -0.1) is 11.8 Å². The lowest BCUT2D eigenvalue weighted by atomic mass is 10.0. The normalized spacial score (nSPS) is 19.8. The largest absolute Gasteiger partial charge is 0.477 e. The van der Waals surface area contributed by atoms with E-state index in [4.69, 9.17) is 10.6 Å². The highest BCUT2D eigenvalue weighted by atomic mass is 32.2. The third kappa shape index (κ3) is 4.13. The summed E-state index contributed by atoms with van der Waals surface area (Å²) in [6, 6.07) is 2.73. The number of fused-ring (bicyclic) bond motifs is 2. The number of carbonyl (C=O) groups is 3. The minimum atomic E-state index is -1.22. The number of nitrogens with zero attached hydrogens (tertiary/aromatic N) is 6. The van der Waals surface area contributed by atoms with Gasteiger partial charge in [-0.25, -0.2) is 9.36 Å². The molecule has 5 heterocycles. The predicted octanol–water partition coefficient (Wildman–Crippen LogP) is -0.536. The lowest BCUT2D eigenvalue weighted by molar-refractivity contribution is -0.664. The van der Waals surface area contributed by atoms with Crippen LogP contribution in [-0.4, -0.2) is 76.6 Å². The average Bonchev–Trinajstić information content (AvgIpc) is 3.52. The van der Waals surface area contributed by atoms with Crippen molar-refractivity contribution in [2.75, 3.05) is 18.1 Å². The van der Waals surface area contributed by atoms with Crippen molar-refractivity contribution in [3.05, 3.63) is 41.8 Å². The van der Waals surface area contributed by atoms with Crippen molar-refractivity contribution in [2.24, 2.45) is 5.16 Å². The second-order valence-corrected chi connectivity index (χ2v) is 9.60. The predicted molar refractivity (Wildman–Crippen MR) is 128 cm³/mol. The van der Waals surface area contributed by atoms with Gasteiger partial charge in [0.25, 0.3) is 11.8 Å². The van der Waals surface area contributed by atoms with Gasteiger partial charge < -0.3 is 26.0 Å². The highest BCUT2D eigenvalue weighted by molar-refractivity contribution is 8.00. The maximum Gasteiger partial charge on any atom is 0.352 e. The highest BCUT2D eigenvalue weighted by Gasteiger charge is 2.54. The van der Waals surface area contributed by atoms with E-state index >= 15 is 0 Å². The van der Waals surface area contributed by atoms with E-state index in [1.807, 2.05) is 16.7 Å². The molecule has 14 nitrogen and oxygen atoms in total. The number of imidazole rings is 1. The van der Waals surface area contributed by atoms with Gasteiger partial charge in [0.1, 0.15) is 35.8 Å². The Morgan fingerprint density at radius 2 is 2.31 bits per heavy atom. The molecule has 2 aliphatic rings. The van der Waals surface area contributed by atoms with E-state index in [1.54, 1.807) is 19.4 Å². The Bertz CT molecular complexity index is 1430. The number of nitrogens with two attached hydrogens (primary N) is 1. The number of aromatic amines is 1. The summed E-state index contributed by atoms with van der Waals surface area (Å²) < 4.78 is 5.80. The van der Waals surface area contributed by atoms with E-state index in [1.165, 1.54) is 16.7 Å². The number of hydrogen-bond donors (Lipinski definition) is 4. The van der Waals surface area contributed by atoms with Crippen molar-refractivity contribution in [3.63, 3.8) is 0 Å². The molecule has 0 radical (unpaired) electrons. The quantitative estimate of drug-likeness (QED) is 0.127. The van der Waals surface area contributed by atoms with Gasteiger partial charge >= 0.3 is 11.6 Å². The van der Waals surface area contributed by atoms with Crippen LogP contribution in [0.2, 0.25) is 0 Å². The minimum absolute atomic E-state index is 0.0265. The number of thioether (sulfide) groups is 1. The number of carboxylic acid groups (broad SMARTS) is 1. The zero-order chi connectivity index (χ0) is 25.4. The summed E-state index contributed by atoms with van der Waals surface area (Å²) in [4.78, 5) is 55.7.